The molecule has 1 fully saturated rings. The minimum absolute atomic E-state index is 0. The molecule has 6 nitrogen and oxygen atoms in total. The largest absolute Gasteiger partial charge is 0.459 e. The van der Waals surface area contributed by atoms with Gasteiger partial charge in [-0.1, -0.05) is 6.42 Å². The minimum Gasteiger partial charge on any atom is -0.459 e. The molecule has 0 spiro atoms. The fourth-order valence-electron chi connectivity index (χ4n) is 2.06. The van der Waals surface area contributed by atoms with Gasteiger partial charge in [-0.3, -0.25) is 9.59 Å². The SMILES string of the molecule is Cl.O=C(NCCNC(=O)C1CCCCN1)c1ccco1. The zero-order valence-corrected chi connectivity index (χ0v) is 12.0. The molecule has 1 unspecified atom stereocenters. The van der Waals surface area contributed by atoms with E-state index in [1.54, 1.807) is 12.1 Å². The average Bonchev–Trinajstić information content (AvgIpc) is 2.98. The Balaban J connectivity index is 0.00000200. The Morgan fingerprint density at radius 3 is 2.75 bits per heavy atom. The summed E-state index contributed by atoms with van der Waals surface area (Å²) in [6.45, 7) is 1.70. The maximum Gasteiger partial charge on any atom is 0.287 e. The van der Waals surface area contributed by atoms with Crippen molar-refractivity contribution in [2.75, 3.05) is 19.6 Å². The Labute approximate surface area is 124 Å². The van der Waals surface area contributed by atoms with E-state index in [0.717, 1.165) is 25.8 Å². The summed E-state index contributed by atoms with van der Waals surface area (Å²) in [4.78, 5) is 23.3. The molecule has 0 radical (unpaired) electrons. The predicted molar refractivity (Wildman–Crippen MR) is 76.9 cm³/mol. The predicted octanol–water partition coefficient (Wildman–Crippen LogP) is 0.689. The van der Waals surface area contributed by atoms with E-state index < -0.39 is 0 Å². The minimum atomic E-state index is -0.268. The molecule has 0 bridgehead atoms. The van der Waals surface area contributed by atoms with Crippen LogP contribution < -0.4 is 16.0 Å². The van der Waals surface area contributed by atoms with Crippen LogP contribution in [0.3, 0.4) is 0 Å². The number of carbonyl (C=O) groups is 2. The summed E-state index contributed by atoms with van der Waals surface area (Å²) in [5.74, 6) is 0.0160. The fraction of sp³-hybridized carbons (Fsp3) is 0.538. The molecular weight excluding hydrogens is 282 g/mol. The molecule has 1 aromatic rings. The van der Waals surface area contributed by atoms with E-state index in [-0.39, 0.29) is 36.0 Å². The molecule has 20 heavy (non-hydrogen) atoms. The third-order valence-corrected chi connectivity index (χ3v) is 3.08. The smallest absolute Gasteiger partial charge is 0.287 e. The summed E-state index contributed by atoms with van der Waals surface area (Å²) < 4.78 is 4.96. The molecule has 2 heterocycles. The van der Waals surface area contributed by atoms with Gasteiger partial charge in [0.15, 0.2) is 5.76 Å². The Kier molecular flexibility index (Phi) is 7.11. The molecule has 0 aromatic carbocycles. The van der Waals surface area contributed by atoms with Crippen molar-refractivity contribution < 1.29 is 14.0 Å². The van der Waals surface area contributed by atoms with Crippen molar-refractivity contribution in [2.24, 2.45) is 0 Å². The van der Waals surface area contributed by atoms with Gasteiger partial charge in [0, 0.05) is 13.1 Å². The lowest BCUT2D eigenvalue weighted by Crippen LogP contribution is -2.48. The van der Waals surface area contributed by atoms with E-state index in [0.29, 0.717) is 13.1 Å². The third-order valence-electron chi connectivity index (χ3n) is 3.08. The molecule has 2 amide bonds. The first-order valence-electron chi connectivity index (χ1n) is 6.60. The molecule has 3 N–H and O–H groups in total. The zero-order valence-electron chi connectivity index (χ0n) is 11.2. The second kappa shape index (κ2) is 8.60. The van der Waals surface area contributed by atoms with Crippen molar-refractivity contribution in [3.63, 3.8) is 0 Å². The van der Waals surface area contributed by atoms with Gasteiger partial charge in [0.25, 0.3) is 5.91 Å². The van der Waals surface area contributed by atoms with Gasteiger partial charge in [-0.2, -0.15) is 0 Å². The quantitative estimate of drug-likeness (QED) is 0.699. The van der Waals surface area contributed by atoms with Crippen molar-refractivity contribution in [2.45, 2.75) is 25.3 Å². The van der Waals surface area contributed by atoms with E-state index in [1.165, 1.54) is 6.26 Å². The molecule has 2 rings (SSSR count). The maximum atomic E-state index is 11.8. The van der Waals surface area contributed by atoms with Gasteiger partial charge in [0.05, 0.1) is 12.3 Å². The van der Waals surface area contributed by atoms with Gasteiger partial charge >= 0.3 is 0 Å². The highest BCUT2D eigenvalue weighted by Crippen LogP contribution is 2.06. The van der Waals surface area contributed by atoms with Gasteiger partial charge in [-0.25, -0.2) is 0 Å². The van der Waals surface area contributed by atoms with Crippen LogP contribution in [0.5, 0.6) is 0 Å². The highest BCUT2D eigenvalue weighted by molar-refractivity contribution is 5.91. The van der Waals surface area contributed by atoms with Crippen LogP contribution in [-0.2, 0) is 4.79 Å². The van der Waals surface area contributed by atoms with Gasteiger partial charge in [0.2, 0.25) is 5.91 Å². The number of hydrogen-bond donors (Lipinski definition) is 3. The highest BCUT2D eigenvalue weighted by Gasteiger charge is 2.19. The summed E-state index contributed by atoms with van der Waals surface area (Å²) in [5.41, 5.74) is 0. The normalized spacial score (nSPS) is 17.9. The fourth-order valence-corrected chi connectivity index (χ4v) is 2.06. The topological polar surface area (TPSA) is 83.4 Å². The summed E-state index contributed by atoms with van der Waals surface area (Å²) in [5, 5.41) is 8.66. The first kappa shape index (κ1) is 16.5. The van der Waals surface area contributed by atoms with Gasteiger partial charge < -0.3 is 20.4 Å². The Bertz CT molecular complexity index is 417. The molecule has 0 aliphatic carbocycles. The number of carbonyl (C=O) groups excluding carboxylic acids is 2. The summed E-state index contributed by atoms with van der Waals surface area (Å²) in [7, 11) is 0. The molecule has 1 saturated heterocycles. The standard InChI is InChI=1S/C13H19N3O3.ClH/c17-12(10-4-1-2-6-14-10)15-7-8-16-13(18)11-5-3-9-19-11;/h3,5,9-10,14H,1-2,4,6-8H2,(H,15,17)(H,16,18);1H. The summed E-state index contributed by atoms with van der Waals surface area (Å²) in [6, 6.07) is 3.17. The molecule has 7 heteroatoms. The van der Waals surface area contributed by atoms with Gasteiger partial charge in [-0.05, 0) is 31.5 Å². The lowest BCUT2D eigenvalue weighted by molar-refractivity contribution is -0.123. The molecule has 1 aliphatic rings. The molecule has 0 saturated carbocycles. The van der Waals surface area contributed by atoms with Crippen molar-refractivity contribution in [1.82, 2.24) is 16.0 Å². The Morgan fingerprint density at radius 2 is 2.10 bits per heavy atom. The molecule has 1 aliphatic heterocycles. The lowest BCUT2D eigenvalue weighted by Gasteiger charge is -2.22. The van der Waals surface area contributed by atoms with Gasteiger partial charge in [0.1, 0.15) is 0 Å². The summed E-state index contributed by atoms with van der Waals surface area (Å²) >= 11 is 0. The third kappa shape index (κ3) is 4.86. The van der Waals surface area contributed by atoms with E-state index in [2.05, 4.69) is 16.0 Å². The van der Waals surface area contributed by atoms with E-state index >= 15 is 0 Å². The number of rotatable bonds is 5. The van der Waals surface area contributed by atoms with Crippen molar-refractivity contribution in [3.8, 4) is 0 Å². The van der Waals surface area contributed by atoms with Crippen LogP contribution in [0.2, 0.25) is 0 Å². The number of piperidine rings is 1. The Morgan fingerprint density at radius 1 is 1.30 bits per heavy atom. The second-order valence-electron chi connectivity index (χ2n) is 4.53. The number of amides is 2. The van der Waals surface area contributed by atoms with Crippen LogP contribution in [0.15, 0.2) is 22.8 Å². The van der Waals surface area contributed by atoms with Gasteiger partial charge in [-0.15, -0.1) is 12.4 Å². The first-order valence-corrected chi connectivity index (χ1v) is 6.60. The Hall–Kier alpha value is -1.53. The molecule has 1 atom stereocenters. The molecule has 112 valence electrons. The van der Waals surface area contributed by atoms with E-state index in [9.17, 15) is 9.59 Å². The number of furan rings is 1. The number of hydrogen-bond acceptors (Lipinski definition) is 4. The van der Waals surface area contributed by atoms with E-state index in [1.807, 2.05) is 0 Å². The van der Waals surface area contributed by atoms with Crippen molar-refractivity contribution in [3.05, 3.63) is 24.2 Å². The van der Waals surface area contributed by atoms with E-state index in [4.69, 9.17) is 4.42 Å². The first-order chi connectivity index (χ1) is 9.27. The lowest BCUT2D eigenvalue weighted by atomic mass is 10.0. The maximum absolute atomic E-state index is 11.8. The summed E-state index contributed by atoms with van der Waals surface area (Å²) in [6.07, 6.45) is 4.54. The van der Waals surface area contributed by atoms with Crippen LogP contribution in [-0.4, -0.2) is 37.5 Å². The van der Waals surface area contributed by atoms with Crippen LogP contribution in [0.1, 0.15) is 29.8 Å². The molecular formula is C13H20ClN3O3. The number of halogens is 1. The monoisotopic (exact) mass is 301 g/mol. The number of nitrogens with one attached hydrogen (secondary N) is 3. The molecule has 1 aromatic heterocycles. The highest BCUT2D eigenvalue weighted by atomic mass is 35.5. The van der Waals surface area contributed by atoms with Crippen LogP contribution >= 0.6 is 12.4 Å². The second-order valence-corrected chi connectivity index (χ2v) is 4.53. The van der Waals surface area contributed by atoms with Crippen LogP contribution in [0.25, 0.3) is 0 Å². The zero-order chi connectivity index (χ0) is 13.5. The van der Waals surface area contributed by atoms with Crippen LogP contribution in [0, 0.1) is 0 Å². The van der Waals surface area contributed by atoms with Crippen LogP contribution in [0.4, 0.5) is 0 Å². The van der Waals surface area contributed by atoms with Crippen molar-refractivity contribution >= 4 is 24.2 Å². The average molecular weight is 302 g/mol. The van der Waals surface area contributed by atoms with Crippen molar-refractivity contribution in [1.29, 1.82) is 0 Å².